The number of allylic oxidation sites excluding steroid dienone is 2. The Labute approximate surface area is 162 Å². The molecule has 0 aliphatic carbocycles. The molecule has 27 heavy (non-hydrogen) atoms. The van der Waals surface area contributed by atoms with Crippen LogP contribution in [0.3, 0.4) is 0 Å². The zero-order valence-corrected chi connectivity index (χ0v) is 15.7. The number of nitrogens with one attached hydrogen (secondary N) is 1. The zero-order valence-electron chi connectivity index (χ0n) is 14.8. The summed E-state index contributed by atoms with van der Waals surface area (Å²) in [7, 11) is 0. The first-order chi connectivity index (χ1) is 13.2. The number of aliphatic imine (C=N–C) groups is 1. The largest absolute Gasteiger partial charge is 0.300 e. The number of carbonyl (C=O) groups excluding carboxylic acids is 1. The third-order valence-corrected chi connectivity index (χ3v) is 5.10. The van der Waals surface area contributed by atoms with Crippen LogP contribution in [0.1, 0.15) is 12.5 Å². The lowest BCUT2D eigenvalue weighted by Gasteiger charge is -2.02. The van der Waals surface area contributed by atoms with E-state index in [4.69, 9.17) is 0 Å². The first-order valence-corrected chi connectivity index (χ1v) is 9.51. The Balaban J connectivity index is 1.60. The minimum atomic E-state index is -0.111. The van der Waals surface area contributed by atoms with Gasteiger partial charge in [0.15, 0.2) is 5.17 Å². The highest BCUT2D eigenvalue weighted by Crippen LogP contribution is 2.31. The number of hydrogen-bond donors (Lipinski definition) is 1. The fraction of sp³-hybridized carbons (Fsp3) is 0.0435. The smallest absolute Gasteiger partial charge is 0.264 e. The summed E-state index contributed by atoms with van der Waals surface area (Å²) in [6.07, 6.45) is 3.96. The van der Waals surface area contributed by atoms with E-state index in [1.165, 1.54) is 11.8 Å². The number of carbonyl (C=O) groups is 1. The SMILES string of the molecule is CC(=Cc1ccccc1)C=C1SC(=Nc2cccc3ccccc23)NC1=O. The van der Waals surface area contributed by atoms with Crippen molar-refractivity contribution in [1.82, 2.24) is 5.32 Å². The van der Waals surface area contributed by atoms with Gasteiger partial charge in [0.1, 0.15) is 0 Å². The van der Waals surface area contributed by atoms with E-state index in [-0.39, 0.29) is 5.91 Å². The number of fused-ring (bicyclic) bond motifs is 1. The minimum Gasteiger partial charge on any atom is -0.300 e. The molecule has 1 N–H and O–H groups in total. The van der Waals surface area contributed by atoms with Crippen molar-refractivity contribution in [3.63, 3.8) is 0 Å². The molecule has 0 aromatic heterocycles. The van der Waals surface area contributed by atoms with Gasteiger partial charge in [0, 0.05) is 5.39 Å². The van der Waals surface area contributed by atoms with Crippen molar-refractivity contribution in [2.45, 2.75) is 6.92 Å². The molecule has 4 rings (SSSR count). The van der Waals surface area contributed by atoms with Crippen LogP contribution in [0, 0.1) is 0 Å². The van der Waals surface area contributed by atoms with Crippen molar-refractivity contribution in [3.8, 4) is 0 Å². The molecule has 0 atom stereocenters. The normalized spacial score (nSPS) is 17.7. The van der Waals surface area contributed by atoms with Crippen LogP contribution in [-0.2, 0) is 4.79 Å². The van der Waals surface area contributed by atoms with Crippen molar-refractivity contribution >= 4 is 45.4 Å². The zero-order chi connectivity index (χ0) is 18.6. The van der Waals surface area contributed by atoms with Crippen LogP contribution in [0.2, 0.25) is 0 Å². The number of hydrogen-bond acceptors (Lipinski definition) is 3. The number of thioether (sulfide) groups is 1. The maximum atomic E-state index is 12.3. The van der Waals surface area contributed by atoms with E-state index in [1.807, 2.05) is 73.7 Å². The lowest BCUT2D eigenvalue weighted by atomic mass is 10.1. The molecular weight excluding hydrogens is 352 g/mol. The van der Waals surface area contributed by atoms with Gasteiger partial charge in [-0.2, -0.15) is 0 Å². The van der Waals surface area contributed by atoms with Gasteiger partial charge < -0.3 is 5.32 Å². The summed E-state index contributed by atoms with van der Waals surface area (Å²) >= 11 is 1.37. The molecule has 0 radical (unpaired) electrons. The fourth-order valence-corrected chi connectivity index (χ4v) is 3.84. The molecule has 1 fully saturated rings. The lowest BCUT2D eigenvalue weighted by molar-refractivity contribution is -0.115. The van der Waals surface area contributed by atoms with Gasteiger partial charge in [-0.3, -0.25) is 4.79 Å². The van der Waals surface area contributed by atoms with E-state index in [2.05, 4.69) is 28.5 Å². The third-order valence-electron chi connectivity index (χ3n) is 4.19. The molecule has 0 spiro atoms. The van der Waals surface area contributed by atoms with Gasteiger partial charge in [0.05, 0.1) is 10.6 Å². The average molecular weight is 370 g/mol. The van der Waals surface area contributed by atoms with E-state index >= 15 is 0 Å². The Kier molecular flexibility index (Phi) is 4.90. The van der Waals surface area contributed by atoms with Crippen LogP contribution in [0.4, 0.5) is 5.69 Å². The van der Waals surface area contributed by atoms with E-state index in [9.17, 15) is 4.79 Å². The van der Waals surface area contributed by atoms with Gasteiger partial charge in [-0.15, -0.1) is 0 Å². The molecule has 1 heterocycles. The van der Waals surface area contributed by atoms with Crippen molar-refractivity contribution < 1.29 is 4.79 Å². The Bertz CT molecular complexity index is 1090. The van der Waals surface area contributed by atoms with Crippen LogP contribution >= 0.6 is 11.8 Å². The second-order valence-corrected chi connectivity index (χ2v) is 7.31. The lowest BCUT2D eigenvalue weighted by Crippen LogP contribution is -2.19. The number of amidine groups is 1. The Morgan fingerprint density at radius 1 is 0.963 bits per heavy atom. The maximum absolute atomic E-state index is 12.3. The molecule has 0 bridgehead atoms. The van der Waals surface area contributed by atoms with Gasteiger partial charge >= 0.3 is 0 Å². The molecule has 0 unspecified atom stereocenters. The van der Waals surface area contributed by atoms with Gasteiger partial charge in [-0.25, -0.2) is 4.99 Å². The second-order valence-electron chi connectivity index (χ2n) is 6.28. The van der Waals surface area contributed by atoms with Crippen LogP contribution in [0.25, 0.3) is 16.8 Å². The first kappa shape index (κ1) is 17.3. The molecular formula is C23H18N2OS. The fourth-order valence-electron chi connectivity index (χ4n) is 2.96. The van der Waals surface area contributed by atoms with E-state index in [1.54, 1.807) is 0 Å². The van der Waals surface area contributed by atoms with E-state index in [0.29, 0.717) is 10.1 Å². The summed E-state index contributed by atoms with van der Waals surface area (Å²) in [5, 5.41) is 5.67. The average Bonchev–Trinajstić information content (AvgIpc) is 3.01. The van der Waals surface area contributed by atoms with Crippen molar-refractivity contribution in [3.05, 3.63) is 94.9 Å². The molecule has 3 aromatic carbocycles. The molecule has 1 saturated heterocycles. The van der Waals surface area contributed by atoms with Crippen LogP contribution in [0.15, 0.2) is 94.3 Å². The molecule has 3 nitrogen and oxygen atoms in total. The molecule has 4 heteroatoms. The monoisotopic (exact) mass is 370 g/mol. The minimum absolute atomic E-state index is 0.111. The molecule has 1 amide bonds. The molecule has 3 aromatic rings. The molecule has 132 valence electrons. The second kappa shape index (κ2) is 7.64. The summed E-state index contributed by atoms with van der Waals surface area (Å²) < 4.78 is 0. The Hall–Kier alpha value is -3.11. The van der Waals surface area contributed by atoms with Gasteiger partial charge in [-0.1, -0.05) is 72.8 Å². The highest BCUT2D eigenvalue weighted by molar-refractivity contribution is 8.18. The quantitative estimate of drug-likeness (QED) is 0.603. The number of nitrogens with zero attached hydrogens (tertiary/aromatic N) is 1. The highest BCUT2D eigenvalue weighted by Gasteiger charge is 2.23. The summed E-state index contributed by atoms with van der Waals surface area (Å²) in [6.45, 7) is 1.99. The number of benzene rings is 3. The Morgan fingerprint density at radius 2 is 1.70 bits per heavy atom. The van der Waals surface area contributed by atoms with Crippen molar-refractivity contribution in [2.75, 3.05) is 0 Å². The van der Waals surface area contributed by atoms with Gasteiger partial charge in [0.2, 0.25) is 0 Å². The van der Waals surface area contributed by atoms with Crippen LogP contribution in [-0.4, -0.2) is 11.1 Å². The summed E-state index contributed by atoms with van der Waals surface area (Å²) in [5.41, 5.74) is 2.99. The summed E-state index contributed by atoms with van der Waals surface area (Å²) in [6, 6.07) is 24.2. The maximum Gasteiger partial charge on any atom is 0.264 e. The summed E-state index contributed by atoms with van der Waals surface area (Å²) in [4.78, 5) is 17.6. The van der Waals surface area contributed by atoms with Gasteiger partial charge in [-0.05, 0) is 47.4 Å². The summed E-state index contributed by atoms with van der Waals surface area (Å²) in [5.74, 6) is -0.111. The first-order valence-electron chi connectivity index (χ1n) is 8.70. The van der Waals surface area contributed by atoms with E-state index < -0.39 is 0 Å². The van der Waals surface area contributed by atoms with Crippen molar-refractivity contribution in [2.24, 2.45) is 4.99 Å². The van der Waals surface area contributed by atoms with Crippen LogP contribution in [0.5, 0.6) is 0 Å². The van der Waals surface area contributed by atoms with Crippen molar-refractivity contribution in [1.29, 1.82) is 0 Å². The Morgan fingerprint density at radius 3 is 2.56 bits per heavy atom. The predicted octanol–water partition coefficient (Wildman–Crippen LogP) is 5.68. The van der Waals surface area contributed by atoms with Crippen LogP contribution < -0.4 is 5.32 Å². The number of amides is 1. The topological polar surface area (TPSA) is 41.5 Å². The number of rotatable bonds is 3. The van der Waals surface area contributed by atoms with Gasteiger partial charge in [0.25, 0.3) is 5.91 Å². The molecule has 0 saturated carbocycles. The standard InChI is InChI=1S/C23H18N2OS/c1-16(14-17-8-3-2-4-9-17)15-21-22(26)25-23(27-21)24-20-13-7-11-18-10-5-6-12-19(18)20/h2-15H,1H3,(H,24,25,26). The molecule has 1 aliphatic heterocycles. The highest BCUT2D eigenvalue weighted by atomic mass is 32.2. The van der Waals surface area contributed by atoms with E-state index in [0.717, 1.165) is 27.6 Å². The predicted molar refractivity (Wildman–Crippen MR) is 115 cm³/mol. The third kappa shape index (κ3) is 4.01. The molecule has 1 aliphatic rings.